The molecule has 1 aliphatic heterocycles. The van der Waals surface area contributed by atoms with Crippen LogP contribution in [0.4, 0.5) is 5.13 Å². The van der Waals surface area contributed by atoms with Crippen molar-refractivity contribution in [3.63, 3.8) is 0 Å². The summed E-state index contributed by atoms with van der Waals surface area (Å²) in [5.74, 6) is 0.0462. The number of piperidine rings is 1. The molecular weight excluding hydrogens is 304 g/mol. The second kappa shape index (κ2) is 6.55. The number of amides is 1. The Morgan fingerprint density at radius 3 is 2.90 bits per heavy atom. The molecule has 1 amide bonds. The average Bonchev–Trinajstić information content (AvgIpc) is 3.13. The van der Waals surface area contributed by atoms with Crippen molar-refractivity contribution in [3.05, 3.63) is 33.5 Å². The predicted molar refractivity (Wildman–Crippen MR) is 86.6 cm³/mol. The van der Waals surface area contributed by atoms with E-state index in [-0.39, 0.29) is 11.9 Å². The monoisotopic (exact) mass is 322 g/mol. The van der Waals surface area contributed by atoms with Crippen molar-refractivity contribution in [2.75, 3.05) is 18.8 Å². The van der Waals surface area contributed by atoms with Crippen LogP contribution in [0, 0.1) is 0 Å². The predicted octanol–water partition coefficient (Wildman–Crippen LogP) is 2.18. The summed E-state index contributed by atoms with van der Waals surface area (Å²) in [4.78, 5) is 19.7. The minimum absolute atomic E-state index is 0.0462. The molecule has 5 nitrogen and oxygen atoms in total. The van der Waals surface area contributed by atoms with Crippen LogP contribution in [0.15, 0.2) is 23.0 Å². The first-order chi connectivity index (χ1) is 10.2. The Bertz CT molecular complexity index is 588. The number of nitrogens with one attached hydrogen (secondary N) is 1. The Hall–Kier alpha value is -1.44. The number of hydrogen-bond acceptors (Lipinski definition) is 6. The van der Waals surface area contributed by atoms with Crippen LogP contribution in [0.1, 0.15) is 28.1 Å². The largest absolute Gasteiger partial charge is 0.375 e. The summed E-state index contributed by atoms with van der Waals surface area (Å²) in [5.41, 5.74) is 6.42. The van der Waals surface area contributed by atoms with E-state index in [2.05, 4.69) is 15.2 Å². The molecule has 0 saturated carbocycles. The van der Waals surface area contributed by atoms with Crippen molar-refractivity contribution < 1.29 is 4.79 Å². The highest BCUT2D eigenvalue weighted by atomic mass is 32.1. The molecule has 112 valence electrons. The molecule has 1 fully saturated rings. The molecule has 2 aromatic rings. The molecule has 3 N–H and O–H groups in total. The van der Waals surface area contributed by atoms with Gasteiger partial charge in [0.1, 0.15) is 0 Å². The van der Waals surface area contributed by atoms with E-state index in [4.69, 9.17) is 5.73 Å². The van der Waals surface area contributed by atoms with E-state index >= 15 is 0 Å². The number of carbonyl (C=O) groups excluding carboxylic acids is 1. The molecule has 3 rings (SSSR count). The van der Waals surface area contributed by atoms with Crippen LogP contribution >= 0.6 is 22.7 Å². The van der Waals surface area contributed by atoms with Gasteiger partial charge in [0, 0.05) is 47.7 Å². The average molecular weight is 322 g/mol. The van der Waals surface area contributed by atoms with Gasteiger partial charge >= 0.3 is 0 Å². The first-order valence-electron chi connectivity index (χ1n) is 6.96. The number of rotatable bonds is 4. The minimum atomic E-state index is 0.0462. The standard InChI is InChI=1S/C14H18N4OS2/c15-14-16-7-12(21-14)8-18-4-1-11(2-5-18)17-13(19)10-3-6-20-9-10/h3,6-7,9,11H,1-2,4-5,8H2,(H2,15,16)(H,17,19). The van der Waals surface area contributed by atoms with Crippen molar-refractivity contribution in [2.24, 2.45) is 0 Å². The molecule has 1 saturated heterocycles. The highest BCUT2D eigenvalue weighted by Gasteiger charge is 2.21. The fourth-order valence-electron chi connectivity index (χ4n) is 2.51. The number of thiophene rings is 1. The normalized spacial score (nSPS) is 17.0. The number of nitrogen functional groups attached to an aromatic ring is 1. The lowest BCUT2D eigenvalue weighted by Gasteiger charge is -2.31. The number of anilines is 1. The Labute approximate surface area is 131 Å². The van der Waals surface area contributed by atoms with Gasteiger partial charge < -0.3 is 11.1 Å². The number of nitrogens with two attached hydrogens (primary N) is 1. The van der Waals surface area contributed by atoms with Crippen LogP contribution in [0.3, 0.4) is 0 Å². The quantitative estimate of drug-likeness (QED) is 0.905. The van der Waals surface area contributed by atoms with Gasteiger partial charge in [0.05, 0.1) is 0 Å². The third kappa shape index (κ3) is 3.81. The first kappa shape index (κ1) is 14.5. The summed E-state index contributed by atoms with van der Waals surface area (Å²) in [5, 5.41) is 7.57. The smallest absolute Gasteiger partial charge is 0.252 e. The summed E-state index contributed by atoms with van der Waals surface area (Å²) in [7, 11) is 0. The topological polar surface area (TPSA) is 71.2 Å². The molecule has 0 unspecified atom stereocenters. The van der Waals surface area contributed by atoms with Crippen molar-refractivity contribution in [1.82, 2.24) is 15.2 Å². The van der Waals surface area contributed by atoms with Gasteiger partial charge in [-0.1, -0.05) is 0 Å². The minimum Gasteiger partial charge on any atom is -0.375 e. The van der Waals surface area contributed by atoms with Gasteiger partial charge in [-0.15, -0.1) is 11.3 Å². The molecule has 1 aliphatic rings. The number of hydrogen-bond donors (Lipinski definition) is 2. The van der Waals surface area contributed by atoms with Gasteiger partial charge in [-0.3, -0.25) is 9.69 Å². The summed E-state index contributed by atoms with van der Waals surface area (Å²) in [6.07, 6.45) is 3.83. The molecule has 0 radical (unpaired) electrons. The Kier molecular flexibility index (Phi) is 4.52. The summed E-state index contributed by atoms with van der Waals surface area (Å²) in [6, 6.07) is 2.14. The maximum absolute atomic E-state index is 12.0. The number of aromatic nitrogens is 1. The number of thiazole rings is 1. The van der Waals surface area contributed by atoms with Crippen molar-refractivity contribution >= 4 is 33.7 Å². The second-order valence-corrected chi connectivity index (χ2v) is 7.13. The van der Waals surface area contributed by atoms with Crippen LogP contribution < -0.4 is 11.1 Å². The third-order valence-electron chi connectivity index (χ3n) is 3.66. The molecule has 7 heteroatoms. The van der Waals surface area contributed by atoms with Crippen LogP contribution in [0.5, 0.6) is 0 Å². The summed E-state index contributed by atoms with van der Waals surface area (Å²) < 4.78 is 0. The molecule has 0 spiro atoms. The zero-order valence-corrected chi connectivity index (χ0v) is 13.3. The molecule has 0 bridgehead atoms. The number of carbonyl (C=O) groups is 1. The molecule has 3 heterocycles. The molecule has 2 aromatic heterocycles. The third-order valence-corrected chi connectivity index (χ3v) is 5.15. The van der Waals surface area contributed by atoms with Gasteiger partial charge in [-0.05, 0) is 24.3 Å². The zero-order valence-electron chi connectivity index (χ0n) is 11.6. The van der Waals surface area contributed by atoms with Crippen molar-refractivity contribution in [1.29, 1.82) is 0 Å². The Balaban J connectivity index is 1.45. The lowest BCUT2D eigenvalue weighted by Crippen LogP contribution is -2.44. The fourth-order valence-corrected chi connectivity index (χ4v) is 3.88. The van der Waals surface area contributed by atoms with Gasteiger partial charge in [-0.25, -0.2) is 4.98 Å². The molecule has 0 atom stereocenters. The fraction of sp³-hybridized carbons (Fsp3) is 0.429. The van der Waals surface area contributed by atoms with Crippen molar-refractivity contribution in [2.45, 2.75) is 25.4 Å². The van der Waals surface area contributed by atoms with E-state index in [0.717, 1.165) is 38.0 Å². The van der Waals surface area contributed by atoms with Gasteiger partial charge in [0.15, 0.2) is 5.13 Å². The number of likely N-dealkylation sites (tertiary alicyclic amines) is 1. The zero-order chi connectivity index (χ0) is 14.7. The summed E-state index contributed by atoms with van der Waals surface area (Å²) in [6.45, 7) is 2.89. The van der Waals surface area contributed by atoms with Crippen LogP contribution in [-0.2, 0) is 6.54 Å². The van der Waals surface area contributed by atoms with E-state index in [1.807, 2.05) is 23.0 Å². The second-order valence-electron chi connectivity index (χ2n) is 5.20. The molecular formula is C14H18N4OS2. The van der Waals surface area contributed by atoms with Gasteiger partial charge in [0.25, 0.3) is 5.91 Å². The van der Waals surface area contributed by atoms with E-state index in [1.54, 1.807) is 22.7 Å². The highest BCUT2D eigenvalue weighted by molar-refractivity contribution is 7.15. The van der Waals surface area contributed by atoms with Crippen LogP contribution in [0.2, 0.25) is 0 Å². The SMILES string of the molecule is Nc1ncc(CN2CCC(NC(=O)c3ccsc3)CC2)s1. The van der Waals surface area contributed by atoms with Gasteiger partial charge in [-0.2, -0.15) is 11.3 Å². The first-order valence-corrected chi connectivity index (χ1v) is 8.72. The maximum Gasteiger partial charge on any atom is 0.252 e. The van der Waals surface area contributed by atoms with Crippen LogP contribution in [0.25, 0.3) is 0 Å². The van der Waals surface area contributed by atoms with E-state index < -0.39 is 0 Å². The molecule has 0 aromatic carbocycles. The number of nitrogens with zero attached hydrogens (tertiary/aromatic N) is 2. The van der Waals surface area contributed by atoms with E-state index in [0.29, 0.717) is 5.13 Å². The Morgan fingerprint density at radius 2 is 2.29 bits per heavy atom. The van der Waals surface area contributed by atoms with Crippen molar-refractivity contribution in [3.8, 4) is 0 Å². The van der Waals surface area contributed by atoms with Crippen LogP contribution in [-0.4, -0.2) is 34.9 Å². The highest BCUT2D eigenvalue weighted by Crippen LogP contribution is 2.19. The lowest BCUT2D eigenvalue weighted by molar-refractivity contribution is 0.0909. The maximum atomic E-state index is 12.0. The van der Waals surface area contributed by atoms with Gasteiger partial charge in [0.2, 0.25) is 0 Å². The lowest BCUT2D eigenvalue weighted by atomic mass is 10.0. The van der Waals surface area contributed by atoms with E-state index in [9.17, 15) is 4.79 Å². The molecule has 21 heavy (non-hydrogen) atoms. The molecule has 0 aliphatic carbocycles. The Morgan fingerprint density at radius 1 is 1.48 bits per heavy atom. The van der Waals surface area contributed by atoms with E-state index in [1.165, 1.54) is 4.88 Å². The summed E-state index contributed by atoms with van der Waals surface area (Å²) >= 11 is 3.10.